The van der Waals surface area contributed by atoms with E-state index < -0.39 is 0 Å². The first kappa shape index (κ1) is 15.8. The van der Waals surface area contributed by atoms with Gasteiger partial charge < -0.3 is 9.47 Å². The Balaban J connectivity index is 1.62. The van der Waals surface area contributed by atoms with Crippen LogP contribution in [0.25, 0.3) is 0 Å². The molecule has 0 bridgehead atoms. The van der Waals surface area contributed by atoms with E-state index >= 15 is 0 Å². The van der Waals surface area contributed by atoms with Gasteiger partial charge in [-0.15, -0.1) is 0 Å². The molecule has 4 heteroatoms. The van der Waals surface area contributed by atoms with E-state index in [1.165, 1.54) is 0 Å². The number of hydrogen-bond donors (Lipinski definition) is 0. The molecule has 124 valence electrons. The lowest BCUT2D eigenvalue weighted by atomic mass is 9.74. The number of carbonyl (C=O) groups is 2. The molecule has 0 unspecified atom stereocenters. The van der Waals surface area contributed by atoms with Gasteiger partial charge in [-0.05, 0) is 62.2 Å². The van der Waals surface area contributed by atoms with Crippen LogP contribution in [-0.4, -0.2) is 25.2 Å². The predicted octanol–water partition coefficient (Wildman–Crippen LogP) is 3.19. The number of hydrogen-bond acceptors (Lipinski definition) is 4. The Hall–Kier alpha value is -1.06. The molecule has 3 aliphatic rings. The zero-order valence-corrected chi connectivity index (χ0v) is 14.2. The zero-order valence-electron chi connectivity index (χ0n) is 14.2. The average Bonchev–Trinajstić information content (AvgIpc) is 3.31. The highest BCUT2D eigenvalue weighted by Gasteiger charge is 2.70. The van der Waals surface area contributed by atoms with Crippen molar-refractivity contribution >= 4 is 11.9 Å². The largest absolute Gasteiger partial charge is 0.466 e. The molecule has 0 amide bonds. The number of ether oxygens (including phenoxy) is 2. The van der Waals surface area contributed by atoms with E-state index in [-0.39, 0.29) is 34.6 Å². The van der Waals surface area contributed by atoms with E-state index in [2.05, 4.69) is 13.8 Å². The van der Waals surface area contributed by atoms with Crippen LogP contribution in [-0.2, 0) is 19.1 Å². The van der Waals surface area contributed by atoms with Gasteiger partial charge in [0.15, 0.2) is 0 Å². The molecule has 4 nitrogen and oxygen atoms in total. The summed E-state index contributed by atoms with van der Waals surface area (Å²) in [5.74, 6) is 1.10. The summed E-state index contributed by atoms with van der Waals surface area (Å²) in [4.78, 5) is 24.1. The third-order valence-corrected chi connectivity index (χ3v) is 6.74. The minimum absolute atomic E-state index is 0.0152. The standard InChI is InChI=1S/C18H28O4/c1-5-21-15(19)13-10-18(13,4)11-7-8-17(3)12(9-11)14(17)16(20)22-6-2/h11-14H,5-10H2,1-4H3/t11-,12+,13-,14-,17-,18-/m1/s1. The van der Waals surface area contributed by atoms with E-state index in [1.54, 1.807) is 0 Å². The molecular weight excluding hydrogens is 280 g/mol. The fraction of sp³-hybridized carbons (Fsp3) is 0.889. The van der Waals surface area contributed by atoms with Crippen LogP contribution in [0, 0.1) is 34.5 Å². The van der Waals surface area contributed by atoms with Crippen molar-refractivity contribution in [1.82, 2.24) is 0 Å². The summed E-state index contributed by atoms with van der Waals surface area (Å²) in [6.07, 6.45) is 4.21. The highest BCUT2D eigenvalue weighted by molar-refractivity contribution is 5.78. The molecule has 0 saturated heterocycles. The second-order valence-corrected chi connectivity index (χ2v) is 7.83. The fourth-order valence-corrected chi connectivity index (χ4v) is 5.01. The van der Waals surface area contributed by atoms with Crippen molar-refractivity contribution in [1.29, 1.82) is 0 Å². The van der Waals surface area contributed by atoms with Crippen LogP contribution in [0.1, 0.15) is 53.4 Å². The molecule has 3 saturated carbocycles. The van der Waals surface area contributed by atoms with Crippen LogP contribution in [0.5, 0.6) is 0 Å². The maximum absolute atomic E-state index is 12.1. The molecule has 22 heavy (non-hydrogen) atoms. The summed E-state index contributed by atoms with van der Waals surface area (Å²) in [5.41, 5.74) is 0.239. The topological polar surface area (TPSA) is 52.6 Å². The van der Waals surface area contributed by atoms with Crippen LogP contribution in [0.2, 0.25) is 0 Å². The van der Waals surface area contributed by atoms with Crippen LogP contribution < -0.4 is 0 Å². The summed E-state index contributed by atoms with van der Waals surface area (Å²) < 4.78 is 10.4. The van der Waals surface area contributed by atoms with Gasteiger partial charge in [-0.1, -0.05) is 13.8 Å². The molecule has 0 spiro atoms. The molecule has 0 heterocycles. The molecule has 0 radical (unpaired) electrons. The fourth-order valence-electron chi connectivity index (χ4n) is 5.01. The smallest absolute Gasteiger partial charge is 0.309 e. The van der Waals surface area contributed by atoms with E-state index in [9.17, 15) is 9.59 Å². The van der Waals surface area contributed by atoms with E-state index in [0.29, 0.717) is 25.0 Å². The first-order valence-electron chi connectivity index (χ1n) is 8.71. The predicted molar refractivity (Wildman–Crippen MR) is 81.9 cm³/mol. The van der Waals surface area contributed by atoms with Crippen LogP contribution >= 0.6 is 0 Å². The zero-order chi connectivity index (χ0) is 16.1. The average molecular weight is 308 g/mol. The van der Waals surface area contributed by atoms with Crippen molar-refractivity contribution in [3.05, 3.63) is 0 Å². The first-order valence-corrected chi connectivity index (χ1v) is 8.71. The van der Waals surface area contributed by atoms with Gasteiger partial charge in [0.1, 0.15) is 0 Å². The van der Waals surface area contributed by atoms with E-state index in [0.717, 1.165) is 25.7 Å². The Labute approximate surface area is 132 Å². The SMILES string of the molecule is CCOC(=O)[C@H]1C[C@]1(C)[C@@H]1CC[C@]2(C)[C@@H](C1)[C@@H]2C(=O)OCC. The van der Waals surface area contributed by atoms with Gasteiger partial charge in [0.05, 0.1) is 25.0 Å². The summed E-state index contributed by atoms with van der Waals surface area (Å²) in [6, 6.07) is 0. The molecule has 0 aromatic carbocycles. The summed E-state index contributed by atoms with van der Waals surface area (Å²) in [7, 11) is 0. The number of rotatable bonds is 5. The van der Waals surface area contributed by atoms with Gasteiger partial charge in [0.2, 0.25) is 0 Å². The maximum atomic E-state index is 12.1. The molecule has 0 aliphatic heterocycles. The van der Waals surface area contributed by atoms with Crippen LogP contribution in [0.3, 0.4) is 0 Å². The lowest BCUT2D eigenvalue weighted by Crippen LogP contribution is -2.24. The van der Waals surface area contributed by atoms with Crippen molar-refractivity contribution < 1.29 is 19.1 Å². The minimum atomic E-state index is -0.0314. The maximum Gasteiger partial charge on any atom is 0.309 e. The second-order valence-electron chi connectivity index (χ2n) is 7.83. The van der Waals surface area contributed by atoms with Gasteiger partial charge in [-0.2, -0.15) is 0 Å². The summed E-state index contributed by atoms with van der Waals surface area (Å²) >= 11 is 0. The lowest BCUT2D eigenvalue weighted by Gasteiger charge is -2.30. The van der Waals surface area contributed by atoms with E-state index in [1.807, 2.05) is 13.8 Å². The Morgan fingerprint density at radius 1 is 1.05 bits per heavy atom. The van der Waals surface area contributed by atoms with Crippen molar-refractivity contribution in [3.63, 3.8) is 0 Å². The second kappa shape index (κ2) is 5.24. The minimum Gasteiger partial charge on any atom is -0.466 e. The van der Waals surface area contributed by atoms with Gasteiger partial charge >= 0.3 is 11.9 Å². The Bertz CT molecular complexity index is 487. The monoisotopic (exact) mass is 308 g/mol. The van der Waals surface area contributed by atoms with Crippen molar-refractivity contribution in [2.45, 2.75) is 53.4 Å². The molecular formula is C18H28O4. The van der Waals surface area contributed by atoms with Gasteiger partial charge in [0, 0.05) is 0 Å². The highest BCUT2D eigenvalue weighted by Crippen LogP contribution is 2.72. The molecule has 3 aliphatic carbocycles. The number of carbonyl (C=O) groups excluding carboxylic acids is 2. The molecule has 3 rings (SSSR count). The van der Waals surface area contributed by atoms with E-state index in [4.69, 9.17) is 9.47 Å². The van der Waals surface area contributed by atoms with Crippen LogP contribution in [0.15, 0.2) is 0 Å². The number of fused-ring (bicyclic) bond motifs is 1. The highest BCUT2D eigenvalue weighted by atomic mass is 16.5. The molecule has 0 aromatic rings. The van der Waals surface area contributed by atoms with Gasteiger partial charge in [-0.3, -0.25) is 9.59 Å². The van der Waals surface area contributed by atoms with Gasteiger partial charge in [0.25, 0.3) is 0 Å². The third-order valence-electron chi connectivity index (χ3n) is 6.74. The Morgan fingerprint density at radius 3 is 2.32 bits per heavy atom. The van der Waals surface area contributed by atoms with Crippen molar-refractivity contribution in [2.75, 3.05) is 13.2 Å². The molecule has 0 aromatic heterocycles. The third kappa shape index (κ3) is 2.26. The molecule has 3 fully saturated rings. The normalized spacial score (nSPS) is 45.6. The van der Waals surface area contributed by atoms with Crippen molar-refractivity contribution in [3.8, 4) is 0 Å². The Kier molecular flexibility index (Phi) is 3.77. The number of esters is 2. The first-order chi connectivity index (χ1) is 10.4. The lowest BCUT2D eigenvalue weighted by molar-refractivity contribution is -0.147. The van der Waals surface area contributed by atoms with Gasteiger partial charge in [-0.25, -0.2) is 0 Å². The van der Waals surface area contributed by atoms with Crippen LogP contribution in [0.4, 0.5) is 0 Å². The quantitative estimate of drug-likeness (QED) is 0.732. The molecule has 6 atom stereocenters. The van der Waals surface area contributed by atoms with Crippen molar-refractivity contribution in [2.24, 2.45) is 34.5 Å². The molecule has 0 N–H and O–H groups in total. The Morgan fingerprint density at radius 2 is 1.68 bits per heavy atom. The summed E-state index contributed by atoms with van der Waals surface area (Å²) in [6.45, 7) is 9.10. The summed E-state index contributed by atoms with van der Waals surface area (Å²) in [5, 5.41) is 0.